The number of rotatable bonds is 7. The van der Waals surface area contributed by atoms with Gasteiger partial charge in [-0.3, -0.25) is 0 Å². The van der Waals surface area contributed by atoms with Crippen LogP contribution in [-0.4, -0.2) is 45.1 Å². The number of hydrogen-bond acceptors (Lipinski definition) is 5. The van der Waals surface area contributed by atoms with E-state index in [0.29, 0.717) is 16.3 Å². The van der Waals surface area contributed by atoms with E-state index in [2.05, 4.69) is 0 Å². The Hall–Kier alpha value is -1.54. The van der Waals surface area contributed by atoms with E-state index in [-0.39, 0.29) is 11.5 Å². The first kappa shape index (κ1) is 19.8. The zero-order chi connectivity index (χ0) is 18.4. The molecule has 0 spiro atoms. The van der Waals surface area contributed by atoms with Gasteiger partial charge in [0.2, 0.25) is 10.0 Å². The molecule has 0 unspecified atom stereocenters. The highest BCUT2D eigenvalue weighted by Gasteiger charge is 2.17. The molecule has 0 atom stereocenters. The van der Waals surface area contributed by atoms with E-state index in [9.17, 15) is 13.2 Å². The Morgan fingerprint density at radius 1 is 1.08 bits per heavy atom. The number of hydrogen-bond donors (Lipinski definition) is 0. The average Bonchev–Trinajstić information content (AvgIpc) is 2.60. The zero-order valence-corrected chi connectivity index (χ0v) is 16.2. The third kappa shape index (κ3) is 5.47. The topological polar surface area (TPSA) is 63.7 Å². The predicted octanol–water partition coefficient (Wildman–Crippen LogP) is 3.54. The Morgan fingerprint density at radius 3 is 2.24 bits per heavy atom. The van der Waals surface area contributed by atoms with Crippen LogP contribution in [0.2, 0.25) is 5.02 Å². The first-order valence-corrected chi connectivity index (χ1v) is 10.2. The van der Waals surface area contributed by atoms with Gasteiger partial charge in [-0.05, 0) is 48.5 Å². The second-order valence-corrected chi connectivity index (χ2v) is 9.01. The molecule has 0 N–H and O–H groups in total. The van der Waals surface area contributed by atoms with Crippen LogP contribution in [0.5, 0.6) is 0 Å². The van der Waals surface area contributed by atoms with Crippen molar-refractivity contribution in [3.63, 3.8) is 0 Å². The summed E-state index contributed by atoms with van der Waals surface area (Å²) in [4.78, 5) is 13.2. The lowest BCUT2D eigenvalue weighted by Crippen LogP contribution is -2.22. The SMILES string of the molecule is CN(C)S(=O)(=O)c1ccc(C(=O)OCCSc2ccc(Cl)cc2)cc1. The quantitative estimate of drug-likeness (QED) is 0.405. The standard InChI is InChI=1S/C17H18ClNO4S2/c1-19(2)25(21,22)16-9-3-13(4-10-16)17(20)23-11-12-24-15-7-5-14(18)6-8-15/h3-10H,11-12H2,1-2H3. The van der Waals surface area contributed by atoms with Crippen molar-refractivity contribution in [1.82, 2.24) is 4.31 Å². The summed E-state index contributed by atoms with van der Waals surface area (Å²) in [5.41, 5.74) is 0.314. The van der Waals surface area contributed by atoms with E-state index in [0.717, 1.165) is 9.20 Å². The minimum Gasteiger partial charge on any atom is -0.461 e. The number of carbonyl (C=O) groups is 1. The van der Waals surface area contributed by atoms with Gasteiger partial charge < -0.3 is 4.74 Å². The van der Waals surface area contributed by atoms with Crippen molar-refractivity contribution in [2.75, 3.05) is 26.5 Å². The fraction of sp³-hybridized carbons (Fsp3) is 0.235. The molecule has 0 saturated carbocycles. The Labute approximate surface area is 157 Å². The molecule has 0 fully saturated rings. The molecular weight excluding hydrogens is 382 g/mol. The van der Waals surface area contributed by atoms with Crippen LogP contribution in [0.3, 0.4) is 0 Å². The largest absolute Gasteiger partial charge is 0.461 e. The molecule has 0 saturated heterocycles. The van der Waals surface area contributed by atoms with Crippen LogP contribution in [0.4, 0.5) is 0 Å². The molecule has 0 aromatic heterocycles. The number of ether oxygens (including phenoxy) is 1. The van der Waals surface area contributed by atoms with Crippen LogP contribution in [-0.2, 0) is 14.8 Å². The van der Waals surface area contributed by atoms with Gasteiger partial charge >= 0.3 is 5.97 Å². The van der Waals surface area contributed by atoms with Gasteiger partial charge in [-0.1, -0.05) is 11.6 Å². The highest BCUT2D eigenvalue weighted by atomic mass is 35.5. The third-order valence-corrected chi connectivity index (χ3v) is 6.33. The Balaban J connectivity index is 1.85. The zero-order valence-electron chi connectivity index (χ0n) is 13.8. The van der Waals surface area contributed by atoms with Crippen LogP contribution in [0.25, 0.3) is 0 Å². The van der Waals surface area contributed by atoms with Gasteiger partial charge in [0, 0.05) is 29.8 Å². The monoisotopic (exact) mass is 399 g/mol. The lowest BCUT2D eigenvalue weighted by atomic mass is 10.2. The first-order valence-electron chi connectivity index (χ1n) is 7.39. The van der Waals surface area contributed by atoms with Crippen molar-refractivity contribution in [2.24, 2.45) is 0 Å². The van der Waals surface area contributed by atoms with Gasteiger partial charge in [-0.25, -0.2) is 17.5 Å². The van der Waals surface area contributed by atoms with Gasteiger partial charge in [0.05, 0.1) is 10.5 Å². The Kier molecular flexibility index (Phi) is 6.89. The Morgan fingerprint density at radius 2 is 1.68 bits per heavy atom. The normalized spacial score (nSPS) is 11.5. The van der Waals surface area contributed by atoms with Crippen molar-refractivity contribution in [2.45, 2.75) is 9.79 Å². The van der Waals surface area contributed by atoms with E-state index in [1.54, 1.807) is 23.9 Å². The number of nitrogens with zero attached hydrogens (tertiary/aromatic N) is 1. The first-order chi connectivity index (χ1) is 11.8. The summed E-state index contributed by atoms with van der Waals surface area (Å²) in [6.45, 7) is 0.254. The maximum atomic E-state index is 12.0. The second kappa shape index (κ2) is 8.71. The van der Waals surface area contributed by atoms with E-state index in [4.69, 9.17) is 16.3 Å². The summed E-state index contributed by atoms with van der Waals surface area (Å²) in [6.07, 6.45) is 0. The van der Waals surface area contributed by atoms with Crippen LogP contribution in [0, 0.1) is 0 Å². The highest BCUT2D eigenvalue weighted by molar-refractivity contribution is 7.99. The van der Waals surface area contributed by atoms with Crippen LogP contribution < -0.4 is 0 Å². The summed E-state index contributed by atoms with van der Waals surface area (Å²) in [6, 6.07) is 13.1. The predicted molar refractivity (Wildman–Crippen MR) is 99.8 cm³/mol. The maximum Gasteiger partial charge on any atom is 0.338 e. The average molecular weight is 400 g/mol. The minimum atomic E-state index is -3.51. The van der Waals surface area contributed by atoms with Crippen molar-refractivity contribution in [1.29, 1.82) is 0 Å². The molecule has 2 aromatic rings. The van der Waals surface area contributed by atoms with Gasteiger partial charge in [-0.2, -0.15) is 0 Å². The third-order valence-electron chi connectivity index (χ3n) is 3.27. The van der Waals surface area contributed by atoms with Gasteiger partial charge in [0.25, 0.3) is 0 Å². The number of sulfonamides is 1. The number of carbonyl (C=O) groups excluding carboxylic acids is 1. The second-order valence-electron chi connectivity index (χ2n) is 5.25. The lowest BCUT2D eigenvalue weighted by Gasteiger charge is -2.11. The molecule has 0 bridgehead atoms. The molecule has 0 amide bonds. The summed E-state index contributed by atoms with van der Waals surface area (Å²) in [5, 5.41) is 0.676. The fourth-order valence-corrected chi connectivity index (χ4v) is 3.64. The molecule has 2 rings (SSSR count). The molecular formula is C17H18ClNO4S2. The van der Waals surface area contributed by atoms with Crippen molar-refractivity contribution in [3.8, 4) is 0 Å². The number of halogens is 1. The van der Waals surface area contributed by atoms with Gasteiger partial charge in [0.15, 0.2) is 0 Å². The summed E-state index contributed by atoms with van der Waals surface area (Å²) in [5.74, 6) is 0.131. The maximum absolute atomic E-state index is 12.0. The molecule has 0 aliphatic carbocycles. The molecule has 0 aliphatic heterocycles. The lowest BCUT2D eigenvalue weighted by molar-refractivity contribution is 0.0530. The van der Waals surface area contributed by atoms with Gasteiger partial charge in [0.1, 0.15) is 6.61 Å². The summed E-state index contributed by atoms with van der Waals surface area (Å²) in [7, 11) is -0.597. The summed E-state index contributed by atoms with van der Waals surface area (Å²) < 4.78 is 30.3. The van der Waals surface area contributed by atoms with E-state index < -0.39 is 16.0 Å². The fourth-order valence-electron chi connectivity index (χ4n) is 1.88. The molecule has 8 heteroatoms. The molecule has 5 nitrogen and oxygen atoms in total. The van der Waals surface area contributed by atoms with Crippen LogP contribution in [0.1, 0.15) is 10.4 Å². The molecule has 2 aromatic carbocycles. The van der Waals surface area contributed by atoms with Crippen molar-refractivity contribution < 1.29 is 17.9 Å². The van der Waals surface area contributed by atoms with Crippen molar-refractivity contribution >= 4 is 39.4 Å². The number of esters is 1. The van der Waals surface area contributed by atoms with E-state index in [1.165, 1.54) is 38.4 Å². The van der Waals surface area contributed by atoms with Gasteiger partial charge in [-0.15, -0.1) is 11.8 Å². The number of thioether (sulfide) groups is 1. The molecule has 0 heterocycles. The smallest absolute Gasteiger partial charge is 0.338 e. The van der Waals surface area contributed by atoms with Crippen LogP contribution >= 0.6 is 23.4 Å². The van der Waals surface area contributed by atoms with E-state index >= 15 is 0 Å². The van der Waals surface area contributed by atoms with E-state index in [1.807, 2.05) is 12.1 Å². The minimum absolute atomic E-state index is 0.132. The number of benzene rings is 2. The molecule has 0 radical (unpaired) electrons. The highest BCUT2D eigenvalue weighted by Crippen LogP contribution is 2.20. The van der Waals surface area contributed by atoms with Crippen molar-refractivity contribution in [3.05, 3.63) is 59.1 Å². The summed E-state index contributed by atoms with van der Waals surface area (Å²) >= 11 is 7.37. The molecule has 0 aliphatic rings. The molecule has 134 valence electrons. The van der Waals surface area contributed by atoms with Crippen LogP contribution in [0.15, 0.2) is 58.3 Å². The Bertz CT molecular complexity index is 819. The molecule has 25 heavy (non-hydrogen) atoms.